The van der Waals surface area contributed by atoms with E-state index in [9.17, 15) is 9.90 Å². The number of amides is 1. The smallest absolute Gasteiger partial charge is 0.226 e. The zero-order chi connectivity index (χ0) is 13.8. The Bertz CT molecular complexity index is 307. The summed E-state index contributed by atoms with van der Waals surface area (Å²) < 4.78 is 5.11. The highest BCUT2D eigenvalue weighted by Gasteiger charge is 2.44. The summed E-state index contributed by atoms with van der Waals surface area (Å²) in [7, 11) is 1.68. The molecule has 0 atom stereocenters. The first-order valence-electron chi connectivity index (χ1n) is 7.60. The number of carbonyl (C=O) groups excluding carboxylic acids is 1. The maximum atomic E-state index is 12.4. The Morgan fingerprint density at radius 3 is 2.37 bits per heavy atom. The molecule has 0 radical (unpaired) electrons. The van der Waals surface area contributed by atoms with Gasteiger partial charge >= 0.3 is 0 Å². The highest BCUT2D eigenvalue weighted by atomic mass is 16.5. The van der Waals surface area contributed by atoms with Gasteiger partial charge in [-0.2, -0.15) is 0 Å². The third-order valence-electron chi connectivity index (χ3n) is 4.94. The number of methoxy groups -OCH3 is 1. The van der Waals surface area contributed by atoms with Crippen LogP contribution in [0.15, 0.2) is 0 Å². The molecule has 0 heterocycles. The Morgan fingerprint density at radius 2 is 1.84 bits per heavy atom. The van der Waals surface area contributed by atoms with Crippen molar-refractivity contribution < 1.29 is 14.6 Å². The number of hydrogen-bond donors (Lipinski definition) is 2. The van der Waals surface area contributed by atoms with Crippen molar-refractivity contribution in [3.05, 3.63) is 0 Å². The normalized spacial score (nSPS) is 24.5. The second kappa shape index (κ2) is 6.23. The first-order chi connectivity index (χ1) is 9.10. The highest BCUT2D eigenvalue weighted by Crippen LogP contribution is 2.44. The van der Waals surface area contributed by atoms with Crippen molar-refractivity contribution in [2.24, 2.45) is 5.41 Å². The van der Waals surface area contributed by atoms with Gasteiger partial charge in [-0.1, -0.05) is 25.7 Å². The van der Waals surface area contributed by atoms with Crippen LogP contribution in [0.4, 0.5) is 0 Å². The predicted octanol–water partition coefficient (Wildman–Crippen LogP) is 2.00. The molecular weight excluding hydrogens is 242 g/mol. The first-order valence-corrected chi connectivity index (χ1v) is 7.60. The highest BCUT2D eigenvalue weighted by molar-refractivity contribution is 5.83. The van der Waals surface area contributed by atoms with E-state index in [0.717, 1.165) is 51.4 Å². The molecule has 0 aliphatic heterocycles. The molecule has 0 spiro atoms. The summed E-state index contributed by atoms with van der Waals surface area (Å²) in [6, 6.07) is 0. The molecule has 2 aliphatic rings. The maximum absolute atomic E-state index is 12.4. The minimum absolute atomic E-state index is 0.120. The minimum Gasteiger partial charge on any atom is -0.388 e. The van der Waals surface area contributed by atoms with Crippen LogP contribution in [0.2, 0.25) is 0 Å². The lowest BCUT2D eigenvalue weighted by atomic mass is 9.66. The van der Waals surface area contributed by atoms with Crippen LogP contribution in [0.1, 0.15) is 57.8 Å². The van der Waals surface area contributed by atoms with E-state index in [0.29, 0.717) is 13.2 Å². The van der Waals surface area contributed by atoms with Crippen LogP contribution in [-0.2, 0) is 9.53 Å². The fourth-order valence-corrected chi connectivity index (χ4v) is 3.31. The molecular formula is C15H27NO3. The van der Waals surface area contributed by atoms with Gasteiger partial charge in [-0.15, -0.1) is 0 Å². The van der Waals surface area contributed by atoms with Gasteiger partial charge in [-0.25, -0.2) is 0 Å². The van der Waals surface area contributed by atoms with E-state index in [1.165, 1.54) is 6.42 Å². The number of nitrogens with one attached hydrogen (secondary N) is 1. The Kier molecular flexibility index (Phi) is 4.85. The first kappa shape index (κ1) is 14.8. The summed E-state index contributed by atoms with van der Waals surface area (Å²) in [4.78, 5) is 12.4. The lowest BCUT2D eigenvalue weighted by Crippen LogP contribution is -2.51. The van der Waals surface area contributed by atoms with Crippen molar-refractivity contribution in [1.82, 2.24) is 5.32 Å². The average Bonchev–Trinajstić information content (AvgIpc) is 2.36. The summed E-state index contributed by atoms with van der Waals surface area (Å²) >= 11 is 0. The zero-order valence-electron chi connectivity index (χ0n) is 12.0. The summed E-state index contributed by atoms with van der Waals surface area (Å²) in [5, 5.41) is 13.4. The number of aliphatic hydroxyl groups is 1. The second-order valence-electron chi connectivity index (χ2n) is 6.34. The fraction of sp³-hybridized carbons (Fsp3) is 0.933. The number of ether oxygens (including phenoxy) is 1. The number of rotatable bonds is 6. The standard InChI is InChI=1S/C15H27NO3/c1-19-11-10-14(6-5-7-14)13(17)16-12-15(18)8-3-2-4-9-15/h18H,2-12H2,1H3,(H,16,17). The van der Waals surface area contributed by atoms with E-state index in [1.54, 1.807) is 7.11 Å². The van der Waals surface area contributed by atoms with Crippen LogP contribution in [0.25, 0.3) is 0 Å². The molecule has 19 heavy (non-hydrogen) atoms. The minimum atomic E-state index is -0.667. The van der Waals surface area contributed by atoms with Crippen molar-refractivity contribution in [1.29, 1.82) is 0 Å². The Balaban J connectivity index is 1.82. The van der Waals surface area contributed by atoms with E-state index >= 15 is 0 Å². The van der Waals surface area contributed by atoms with E-state index in [1.807, 2.05) is 0 Å². The molecule has 2 rings (SSSR count). The molecule has 4 heteroatoms. The molecule has 110 valence electrons. The number of carbonyl (C=O) groups is 1. The molecule has 4 nitrogen and oxygen atoms in total. The van der Waals surface area contributed by atoms with Gasteiger partial charge in [0, 0.05) is 20.3 Å². The number of hydrogen-bond acceptors (Lipinski definition) is 3. The van der Waals surface area contributed by atoms with Gasteiger partial charge in [0.25, 0.3) is 0 Å². The van der Waals surface area contributed by atoms with Crippen molar-refractivity contribution in [3.63, 3.8) is 0 Å². The van der Waals surface area contributed by atoms with Gasteiger partial charge in [-0.3, -0.25) is 4.79 Å². The summed E-state index contributed by atoms with van der Waals surface area (Å²) in [5.74, 6) is 0.120. The van der Waals surface area contributed by atoms with Gasteiger partial charge in [0.05, 0.1) is 11.0 Å². The van der Waals surface area contributed by atoms with Gasteiger partial charge < -0.3 is 15.2 Å². The lowest BCUT2D eigenvalue weighted by molar-refractivity contribution is -0.139. The van der Waals surface area contributed by atoms with Gasteiger partial charge in [0.2, 0.25) is 5.91 Å². The Morgan fingerprint density at radius 1 is 1.16 bits per heavy atom. The average molecular weight is 269 g/mol. The van der Waals surface area contributed by atoms with Crippen molar-refractivity contribution in [2.75, 3.05) is 20.3 Å². The quantitative estimate of drug-likeness (QED) is 0.775. The fourth-order valence-electron chi connectivity index (χ4n) is 3.31. The second-order valence-corrected chi connectivity index (χ2v) is 6.34. The molecule has 0 aromatic carbocycles. The molecule has 2 fully saturated rings. The molecule has 2 aliphatic carbocycles. The summed E-state index contributed by atoms with van der Waals surface area (Å²) in [6.07, 6.45) is 8.82. The zero-order valence-corrected chi connectivity index (χ0v) is 12.0. The van der Waals surface area contributed by atoms with E-state index in [2.05, 4.69) is 5.32 Å². The van der Waals surface area contributed by atoms with Crippen molar-refractivity contribution in [2.45, 2.75) is 63.4 Å². The van der Waals surface area contributed by atoms with E-state index in [4.69, 9.17) is 4.74 Å². The molecule has 0 saturated heterocycles. The Labute approximate surface area is 115 Å². The Hall–Kier alpha value is -0.610. The van der Waals surface area contributed by atoms with Crippen LogP contribution in [0.5, 0.6) is 0 Å². The predicted molar refractivity (Wildman–Crippen MR) is 73.8 cm³/mol. The molecule has 0 aromatic rings. The molecule has 0 aromatic heterocycles. The molecule has 0 unspecified atom stereocenters. The van der Waals surface area contributed by atoms with Crippen molar-refractivity contribution in [3.8, 4) is 0 Å². The molecule has 2 saturated carbocycles. The van der Waals surface area contributed by atoms with E-state index < -0.39 is 5.60 Å². The van der Waals surface area contributed by atoms with Gasteiger partial charge in [0.15, 0.2) is 0 Å². The third kappa shape index (κ3) is 3.48. The lowest BCUT2D eigenvalue weighted by Gasteiger charge is -2.41. The molecule has 1 amide bonds. The van der Waals surface area contributed by atoms with Gasteiger partial charge in [-0.05, 0) is 32.1 Å². The third-order valence-corrected chi connectivity index (χ3v) is 4.94. The molecule has 0 bridgehead atoms. The van der Waals surface area contributed by atoms with Crippen molar-refractivity contribution >= 4 is 5.91 Å². The van der Waals surface area contributed by atoms with Crippen LogP contribution in [-0.4, -0.2) is 36.9 Å². The van der Waals surface area contributed by atoms with Crippen LogP contribution >= 0.6 is 0 Å². The topological polar surface area (TPSA) is 58.6 Å². The van der Waals surface area contributed by atoms with E-state index in [-0.39, 0.29) is 11.3 Å². The summed E-state index contributed by atoms with van der Waals surface area (Å²) in [6.45, 7) is 1.05. The SMILES string of the molecule is COCCC1(C(=O)NCC2(O)CCCCC2)CCC1. The summed E-state index contributed by atoms with van der Waals surface area (Å²) in [5.41, 5.74) is -0.888. The molecule has 2 N–H and O–H groups in total. The van der Waals surface area contributed by atoms with Crippen LogP contribution in [0, 0.1) is 5.41 Å². The van der Waals surface area contributed by atoms with Crippen LogP contribution in [0.3, 0.4) is 0 Å². The maximum Gasteiger partial charge on any atom is 0.226 e. The monoisotopic (exact) mass is 269 g/mol. The largest absolute Gasteiger partial charge is 0.388 e. The van der Waals surface area contributed by atoms with Gasteiger partial charge in [0.1, 0.15) is 0 Å². The van der Waals surface area contributed by atoms with Crippen LogP contribution < -0.4 is 5.32 Å².